The summed E-state index contributed by atoms with van der Waals surface area (Å²) in [5, 5.41) is 0. The average Bonchev–Trinajstić information content (AvgIpc) is 2.63. The fourth-order valence-corrected chi connectivity index (χ4v) is 7.90. The number of rotatable bonds is 8. The molecule has 2 rings (SSSR count). The molecule has 0 heterocycles. The van der Waals surface area contributed by atoms with Crippen LogP contribution in [0.3, 0.4) is 0 Å². The number of sulfonamides is 4. The Kier molecular flexibility index (Phi) is 9.56. The first-order valence-corrected chi connectivity index (χ1v) is 16.3. The number of hydrogen-bond donors (Lipinski definition) is 0. The van der Waals surface area contributed by atoms with E-state index in [2.05, 4.69) is 0 Å². The molecule has 0 aliphatic rings. The predicted octanol–water partition coefficient (Wildman–Crippen LogP) is 0.816. The molecule has 0 saturated carbocycles. The quantitative estimate of drug-likeness (QED) is 0.492. The van der Waals surface area contributed by atoms with Crippen molar-refractivity contribution < 1.29 is 33.7 Å². The maximum absolute atomic E-state index is 11.3. The highest BCUT2D eigenvalue weighted by atomic mass is 32.3. The minimum atomic E-state index is -3.78. The van der Waals surface area contributed by atoms with Crippen LogP contribution in [0, 0.1) is 0 Å². The second-order valence-electron chi connectivity index (χ2n) is 6.88. The van der Waals surface area contributed by atoms with E-state index < -0.39 is 40.1 Å². The lowest BCUT2D eigenvalue weighted by atomic mass is 10.2. The van der Waals surface area contributed by atoms with E-state index in [0.717, 1.165) is 25.0 Å². The van der Waals surface area contributed by atoms with Gasteiger partial charge in [0.2, 0.25) is 40.1 Å². The van der Waals surface area contributed by atoms with E-state index in [1.807, 2.05) is 0 Å². The Balaban J connectivity index is 0.000000320. The Morgan fingerprint density at radius 3 is 0.875 bits per heavy atom. The van der Waals surface area contributed by atoms with Crippen LogP contribution in [0.5, 0.6) is 0 Å². The molecule has 180 valence electrons. The first-order chi connectivity index (χ1) is 14.4. The van der Waals surface area contributed by atoms with Crippen LogP contribution in [-0.2, 0) is 53.2 Å². The maximum atomic E-state index is 11.3. The average molecular weight is 527 g/mol. The van der Waals surface area contributed by atoms with Crippen LogP contribution in [-0.4, -0.2) is 66.1 Å². The van der Waals surface area contributed by atoms with Gasteiger partial charge in [-0.15, -0.1) is 0 Å². The van der Waals surface area contributed by atoms with Crippen LogP contribution in [0.15, 0.2) is 60.7 Å². The number of nitrogens with zero attached hydrogens (tertiary/aromatic N) is 2. The van der Waals surface area contributed by atoms with Crippen molar-refractivity contribution in [1.29, 1.82) is 0 Å². The second kappa shape index (κ2) is 10.9. The van der Waals surface area contributed by atoms with Crippen molar-refractivity contribution in [3.8, 4) is 0 Å². The summed E-state index contributed by atoms with van der Waals surface area (Å²) < 4.78 is 91.6. The van der Waals surface area contributed by atoms with Crippen molar-refractivity contribution in [3.63, 3.8) is 0 Å². The lowest BCUT2D eigenvalue weighted by Gasteiger charge is -2.17. The number of benzene rings is 2. The molecule has 14 heteroatoms. The standard InChI is InChI=1S/2C9H13NO4S2/c2*1-15(11,12)10(16(2,13)14)8-9-6-4-3-5-7-9/h2*3-7H,8H2,1-2H3. The van der Waals surface area contributed by atoms with Crippen LogP contribution < -0.4 is 0 Å². The molecule has 32 heavy (non-hydrogen) atoms. The fraction of sp³-hybridized carbons (Fsp3) is 0.333. The van der Waals surface area contributed by atoms with E-state index in [9.17, 15) is 33.7 Å². The normalized spacial score (nSPS) is 12.9. The number of hydrogen-bond acceptors (Lipinski definition) is 8. The summed E-state index contributed by atoms with van der Waals surface area (Å²) in [5.41, 5.74) is 1.25. The van der Waals surface area contributed by atoms with Gasteiger partial charge in [-0.3, -0.25) is 0 Å². The van der Waals surface area contributed by atoms with Gasteiger partial charge in [0.05, 0.1) is 38.1 Å². The van der Waals surface area contributed by atoms with Crippen LogP contribution in [0.1, 0.15) is 11.1 Å². The molecule has 0 N–H and O–H groups in total. The van der Waals surface area contributed by atoms with Crippen molar-refractivity contribution >= 4 is 40.1 Å². The van der Waals surface area contributed by atoms with Gasteiger partial charge in [-0.1, -0.05) is 68.1 Å². The van der Waals surface area contributed by atoms with E-state index in [-0.39, 0.29) is 13.1 Å². The van der Waals surface area contributed by atoms with Crippen molar-refractivity contribution in [2.75, 3.05) is 25.0 Å². The summed E-state index contributed by atoms with van der Waals surface area (Å²) in [7, 11) is -15.1. The van der Waals surface area contributed by atoms with E-state index >= 15 is 0 Å². The van der Waals surface area contributed by atoms with E-state index in [1.54, 1.807) is 60.7 Å². The van der Waals surface area contributed by atoms with Crippen molar-refractivity contribution in [3.05, 3.63) is 71.8 Å². The Morgan fingerprint density at radius 1 is 0.469 bits per heavy atom. The summed E-state index contributed by atoms with van der Waals surface area (Å²) in [5.74, 6) is 0. The molecule has 2 aromatic rings. The van der Waals surface area contributed by atoms with Crippen molar-refractivity contribution in [2.24, 2.45) is 0 Å². The summed E-state index contributed by atoms with van der Waals surface area (Å²) >= 11 is 0. The minimum absolute atomic E-state index is 0.168. The first-order valence-electron chi connectivity index (χ1n) is 8.86. The highest BCUT2D eigenvalue weighted by Gasteiger charge is 2.27. The summed E-state index contributed by atoms with van der Waals surface area (Å²) in [6.45, 7) is -0.336. The fourth-order valence-electron chi connectivity index (χ4n) is 2.43. The first kappa shape index (κ1) is 28.2. The zero-order valence-electron chi connectivity index (χ0n) is 18.0. The smallest absolute Gasteiger partial charge is 0.212 e. The predicted molar refractivity (Wildman–Crippen MR) is 123 cm³/mol. The van der Waals surface area contributed by atoms with Gasteiger partial charge in [-0.25, -0.2) is 33.7 Å². The molecule has 0 aliphatic heterocycles. The molecule has 10 nitrogen and oxygen atoms in total. The van der Waals surface area contributed by atoms with Crippen LogP contribution >= 0.6 is 0 Å². The summed E-state index contributed by atoms with van der Waals surface area (Å²) in [6, 6.07) is 17.1. The van der Waals surface area contributed by atoms with Crippen molar-refractivity contribution in [2.45, 2.75) is 13.1 Å². The highest BCUT2D eigenvalue weighted by Crippen LogP contribution is 2.13. The third-order valence-corrected chi connectivity index (χ3v) is 10.5. The molecule has 0 unspecified atom stereocenters. The second-order valence-corrected chi connectivity index (χ2v) is 15.0. The Hall–Kier alpha value is -1.84. The molecule has 0 aliphatic carbocycles. The Bertz CT molecular complexity index is 1140. The molecular weight excluding hydrogens is 500 g/mol. The molecule has 0 radical (unpaired) electrons. The highest BCUT2D eigenvalue weighted by molar-refractivity contribution is 8.03. The van der Waals surface area contributed by atoms with Gasteiger partial charge in [0, 0.05) is 0 Å². The molecule has 0 atom stereocenters. The Labute approximate surface area is 190 Å². The van der Waals surface area contributed by atoms with Crippen LogP contribution in [0.25, 0.3) is 0 Å². The van der Waals surface area contributed by atoms with Gasteiger partial charge in [-0.05, 0) is 11.1 Å². The van der Waals surface area contributed by atoms with Gasteiger partial charge < -0.3 is 0 Å². The van der Waals surface area contributed by atoms with Gasteiger partial charge in [0.15, 0.2) is 0 Å². The zero-order valence-corrected chi connectivity index (χ0v) is 21.2. The summed E-state index contributed by atoms with van der Waals surface area (Å²) in [6.07, 6.45) is 3.49. The third-order valence-electron chi connectivity index (χ3n) is 3.79. The largest absolute Gasteiger partial charge is 0.224 e. The van der Waals surface area contributed by atoms with Gasteiger partial charge >= 0.3 is 0 Å². The SMILES string of the molecule is CS(=O)(=O)N(Cc1ccccc1)S(C)(=O)=O.CS(=O)(=O)N(Cc1ccccc1)S(C)(=O)=O. The topological polar surface area (TPSA) is 143 Å². The van der Waals surface area contributed by atoms with Crippen LogP contribution in [0.2, 0.25) is 0 Å². The van der Waals surface area contributed by atoms with E-state index in [0.29, 0.717) is 18.5 Å². The third kappa shape index (κ3) is 9.75. The molecule has 0 amide bonds. The van der Waals surface area contributed by atoms with Gasteiger partial charge in [0.1, 0.15) is 0 Å². The van der Waals surface area contributed by atoms with E-state index in [1.165, 1.54) is 0 Å². The lowest BCUT2D eigenvalue weighted by molar-refractivity contribution is 0.500. The van der Waals surface area contributed by atoms with Crippen LogP contribution in [0.4, 0.5) is 0 Å². The zero-order chi connectivity index (χ0) is 24.8. The molecular formula is C18H26N2O8S4. The summed E-state index contributed by atoms with van der Waals surface area (Å²) in [4.78, 5) is 0. The minimum Gasteiger partial charge on any atom is -0.212 e. The van der Waals surface area contributed by atoms with E-state index in [4.69, 9.17) is 0 Å². The molecule has 0 aromatic heterocycles. The molecule has 0 spiro atoms. The Morgan fingerprint density at radius 2 is 0.688 bits per heavy atom. The molecule has 0 bridgehead atoms. The monoisotopic (exact) mass is 526 g/mol. The molecule has 0 fully saturated rings. The molecule has 0 saturated heterocycles. The van der Waals surface area contributed by atoms with Gasteiger partial charge in [0.25, 0.3) is 0 Å². The lowest BCUT2D eigenvalue weighted by Crippen LogP contribution is -2.34. The van der Waals surface area contributed by atoms with Crippen molar-refractivity contribution in [1.82, 2.24) is 7.42 Å². The molecule has 2 aromatic carbocycles. The van der Waals surface area contributed by atoms with Gasteiger partial charge in [-0.2, -0.15) is 0 Å². The maximum Gasteiger partial charge on any atom is 0.224 e.